The van der Waals surface area contributed by atoms with Crippen LogP contribution >= 0.6 is 0 Å². The summed E-state index contributed by atoms with van der Waals surface area (Å²) >= 11 is 0. The molecule has 17 heavy (non-hydrogen) atoms. The highest BCUT2D eigenvalue weighted by Gasteiger charge is 2.10. The predicted molar refractivity (Wildman–Crippen MR) is 67.9 cm³/mol. The molecule has 1 aromatic carbocycles. The first-order chi connectivity index (χ1) is 8.31. The van der Waals surface area contributed by atoms with Crippen LogP contribution in [0, 0.1) is 0 Å². The molecule has 4 heteroatoms. The number of hydrogen-bond acceptors (Lipinski definition) is 3. The van der Waals surface area contributed by atoms with Crippen molar-refractivity contribution in [1.29, 1.82) is 0 Å². The Hall–Kier alpha value is -1.68. The molecule has 0 amide bonds. The van der Waals surface area contributed by atoms with E-state index in [0.29, 0.717) is 0 Å². The average Bonchev–Trinajstić information content (AvgIpc) is 2.78. The largest absolute Gasteiger partial charge is 0.327 e. The monoisotopic (exact) mass is 230 g/mol. The molecule has 90 valence electrons. The lowest BCUT2D eigenvalue weighted by atomic mass is 10.1. The van der Waals surface area contributed by atoms with Crippen LogP contribution in [0.15, 0.2) is 36.7 Å². The maximum atomic E-state index is 6.04. The molecule has 0 aliphatic heterocycles. The van der Waals surface area contributed by atoms with Gasteiger partial charge < -0.3 is 5.73 Å². The van der Waals surface area contributed by atoms with Crippen LogP contribution in [0.1, 0.15) is 25.6 Å². The van der Waals surface area contributed by atoms with Gasteiger partial charge in [-0.2, -0.15) is 0 Å². The lowest BCUT2D eigenvalue weighted by molar-refractivity contribution is 0.579. The van der Waals surface area contributed by atoms with E-state index < -0.39 is 0 Å². The van der Waals surface area contributed by atoms with Crippen molar-refractivity contribution >= 4 is 0 Å². The molecule has 0 radical (unpaired) electrons. The van der Waals surface area contributed by atoms with E-state index >= 15 is 0 Å². The second-order valence-corrected chi connectivity index (χ2v) is 4.21. The molecule has 0 saturated carbocycles. The standard InChI is InChI=1S/C13H18N4/c1-2-6-11(14)9-13-16-15-10-17(13)12-7-4-3-5-8-12/h3-5,7-8,10-11H,2,6,9,14H2,1H3. The molecule has 2 N–H and O–H groups in total. The second-order valence-electron chi connectivity index (χ2n) is 4.21. The molecule has 0 aliphatic rings. The molecular weight excluding hydrogens is 212 g/mol. The van der Waals surface area contributed by atoms with E-state index in [0.717, 1.165) is 30.8 Å². The summed E-state index contributed by atoms with van der Waals surface area (Å²) in [5, 5.41) is 8.12. The minimum absolute atomic E-state index is 0.159. The van der Waals surface area contributed by atoms with Gasteiger partial charge in [0.15, 0.2) is 0 Å². The van der Waals surface area contributed by atoms with Crippen molar-refractivity contribution in [2.45, 2.75) is 32.2 Å². The summed E-state index contributed by atoms with van der Waals surface area (Å²) in [6, 6.07) is 10.2. The molecule has 2 aromatic rings. The smallest absolute Gasteiger partial charge is 0.138 e. The van der Waals surface area contributed by atoms with E-state index in [2.05, 4.69) is 17.1 Å². The fourth-order valence-electron chi connectivity index (χ4n) is 1.91. The fourth-order valence-corrected chi connectivity index (χ4v) is 1.91. The maximum Gasteiger partial charge on any atom is 0.138 e. The summed E-state index contributed by atoms with van der Waals surface area (Å²) in [4.78, 5) is 0. The number of aromatic nitrogens is 3. The summed E-state index contributed by atoms with van der Waals surface area (Å²) in [5.74, 6) is 0.928. The molecule has 0 fully saturated rings. The van der Waals surface area contributed by atoms with Crippen molar-refractivity contribution in [2.24, 2.45) is 5.73 Å². The van der Waals surface area contributed by atoms with Gasteiger partial charge >= 0.3 is 0 Å². The van der Waals surface area contributed by atoms with Crippen molar-refractivity contribution in [2.75, 3.05) is 0 Å². The van der Waals surface area contributed by atoms with Crippen LogP contribution in [0.4, 0.5) is 0 Å². The zero-order chi connectivity index (χ0) is 12.1. The molecule has 0 spiro atoms. The Morgan fingerprint density at radius 1 is 1.29 bits per heavy atom. The van der Waals surface area contributed by atoms with Crippen molar-refractivity contribution in [3.05, 3.63) is 42.5 Å². The molecule has 0 saturated heterocycles. The number of nitrogens with zero attached hydrogens (tertiary/aromatic N) is 3. The number of rotatable bonds is 5. The van der Waals surface area contributed by atoms with E-state index in [1.165, 1.54) is 0 Å². The Bertz CT molecular complexity index is 449. The van der Waals surface area contributed by atoms with Crippen molar-refractivity contribution in [3.8, 4) is 5.69 Å². The van der Waals surface area contributed by atoms with Gasteiger partial charge in [-0.1, -0.05) is 31.5 Å². The van der Waals surface area contributed by atoms with E-state index in [-0.39, 0.29) is 6.04 Å². The zero-order valence-electron chi connectivity index (χ0n) is 10.1. The van der Waals surface area contributed by atoms with E-state index in [1.54, 1.807) is 6.33 Å². The normalized spacial score (nSPS) is 12.6. The van der Waals surface area contributed by atoms with Gasteiger partial charge in [0.25, 0.3) is 0 Å². The SMILES string of the molecule is CCCC(N)Cc1nncn1-c1ccccc1. The third-order valence-electron chi connectivity index (χ3n) is 2.76. The Balaban J connectivity index is 2.18. The van der Waals surface area contributed by atoms with Gasteiger partial charge in [0, 0.05) is 18.2 Å². The van der Waals surface area contributed by atoms with Gasteiger partial charge in [-0.25, -0.2) is 0 Å². The van der Waals surface area contributed by atoms with Crippen LogP contribution in [0.3, 0.4) is 0 Å². The molecule has 1 heterocycles. The van der Waals surface area contributed by atoms with Crippen LogP contribution in [-0.4, -0.2) is 20.8 Å². The van der Waals surface area contributed by atoms with Gasteiger partial charge in [-0.3, -0.25) is 4.57 Å². The highest BCUT2D eigenvalue weighted by atomic mass is 15.3. The lowest BCUT2D eigenvalue weighted by Crippen LogP contribution is -2.24. The number of benzene rings is 1. The van der Waals surface area contributed by atoms with Gasteiger partial charge in [0.1, 0.15) is 12.2 Å². The third-order valence-corrected chi connectivity index (χ3v) is 2.76. The maximum absolute atomic E-state index is 6.04. The topological polar surface area (TPSA) is 56.7 Å². The minimum atomic E-state index is 0.159. The number of nitrogens with two attached hydrogens (primary N) is 1. The quantitative estimate of drug-likeness (QED) is 0.854. The molecule has 1 unspecified atom stereocenters. The highest BCUT2D eigenvalue weighted by Crippen LogP contribution is 2.11. The Morgan fingerprint density at radius 3 is 2.76 bits per heavy atom. The lowest BCUT2D eigenvalue weighted by Gasteiger charge is -2.11. The summed E-state index contributed by atoms with van der Waals surface area (Å²) in [6.45, 7) is 2.14. The van der Waals surface area contributed by atoms with Gasteiger partial charge in [0.05, 0.1) is 0 Å². The van der Waals surface area contributed by atoms with Crippen LogP contribution in [0.2, 0.25) is 0 Å². The average molecular weight is 230 g/mol. The van der Waals surface area contributed by atoms with Crippen LogP contribution in [0.5, 0.6) is 0 Å². The van der Waals surface area contributed by atoms with Gasteiger partial charge in [-0.05, 0) is 18.6 Å². The van der Waals surface area contributed by atoms with Gasteiger partial charge in [0.2, 0.25) is 0 Å². The van der Waals surface area contributed by atoms with Gasteiger partial charge in [-0.15, -0.1) is 10.2 Å². The van der Waals surface area contributed by atoms with E-state index in [1.807, 2.05) is 34.9 Å². The van der Waals surface area contributed by atoms with E-state index in [9.17, 15) is 0 Å². The predicted octanol–water partition coefficient (Wildman–Crippen LogP) is 1.94. The second kappa shape index (κ2) is 5.59. The first-order valence-corrected chi connectivity index (χ1v) is 6.01. The Labute approximate surface area is 101 Å². The molecular formula is C13H18N4. The third kappa shape index (κ3) is 2.91. The molecule has 1 aromatic heterocycles. The minimum Gasteiger partial charge on any atom is -0.327 e. The summed E-state index contributed by atoms with van der Waals surface area (Å²) < 4.78 is 2.00. The summed E-state index contributed by atoms with van der Waals surface area (Å²) in [7, 11) is 0. The molecule has 1 atom stereocenters. The van der Waals surface area contributed by atoms with Crippen LogP contribution in [-0.2, 0) is 6.42 Å². The van der Waals surface area contributed by atoms with Crippen LogP contribution < -0.4 is 5.73 Å². The Morgan fingerprint density at radius 2 is 2.06 bits per heavy atom. The van der Waals surface area contributed by atoms with Crippen molar-refractivity contribution in [1.82, 2.24) is 14.8 Å². The Kier molecular flexibility index (Phi) is 3.88. The first-order valence-electron chi connectivity index (χ1n) is 6.01. The zero-order valence-corrected chi connectivity index (χ0v) is 10.1. The summed E-state index contributed by atoms with van der Waals surface area (Å²) in [5.41, 5.74) is 7.12. The molecule has 0 bridgehead atoms. The molecule has 0 aliphatic carbocycles. The summed E-state index contributed by atoms with van der Waals surface area (Å²) in [6.07, 6.45) is 4.62. The molecule has 4 nitrogen and oxygen atoms in total. The highest BCUT2D eigenvalue weighted by molar-refractivity contribution is 5.32. The first kappa shape index (κ1) is 11.8. The van der Waals surface area contributed by atoms with E-state index in [4.69, 9.17) is 5.73 Å². The van der Waals surface area contributed by atoms with Crippen molar-refractivity contribution < 1.29 is 0 Å². The number of para-hydroxylation sites is 1. The fraction of sp³-hybridized carbons (Fsp3) is 0.385. The number of hydrogen-bond donors (Lipinski definition) is 1. The van der Waals surface area contributed by atoms with Crippen LogP contribution in [0.25, 0.3) is 5.69 Å². The van der Waals surface area contributed by atoms with Crippen molar-refractivity contribution in [3.63, 3.8) is 0 Å². The molecule has 2 rings (SSSR count).